The van der Waals surface area contributed by atoms with Crippen molar-refractivity contribution in [2.45, 2.75) is 110 Å². The van der Waals surface area contributed by atoms with Crippen LogP contribution in [0.15, 0.2) is 12.7 Å². The van der Waals surface area contributed by atoms with Gasteiger partial charge in [0.1, 0.15) is 0 Å². The fourth-order valence-corrected chi connectivity index (χ4v) is 6.60. The Bertz CT molecular complexity index is 591. The highest BCUT2D eigenvalue weighted by molar-refractivity contribution is 5.81. The van der Waals surface area contributed by atoms with Gasteiger partial charge in [-0.3, -0.25) is 4.79 Å². The summed E-state index contributed by atoms with van der Waals surface area (Å²) in [5.74, 6) is 3.47. The third-order valence-corrected chi connectivity index (χ3v) is 8.93. The number of hydrogen-bond donors (Lipinski definition) is 0. The van der Waals surface area contributed by atoms with Crippen LogP contribution in [0.25, 0.3) is 0 Å². The number of unbranched alkanes of at least 4 members (excludes halogenated alkanes) is 2. The molecule has 0 aromatic carbocycles. The average molecular weight is 461 g/mol. The second-order valence-corrected chi connectivity index (χ2v) is 11.2. The van der Waals surface area contributed by atoms with Gasteiger partial charge in [-0.1, -0.05) is 52.0 Å². The Morgan fingerprint density at radius 2 is 1.24 bits per heavy atom. The molecule has 3 fully saturated rings. The van der Waals surface area contributed by atoms with Crippen molar-refractivity contribution in [1.82, 2.24) is 0 Å². The van der Waals surface area contributed by atoms with Gasteiger partial charge < -0.3 is 9.47 Å². The summed E-state index contributed by atoms with van der Waals surface area (Å²) in [7, 11) is 0. The first-order valence-electron chi connectivity index (χ1n) is 14.0. The maximum atomic E-state index is 12.7. The van der Waals surface area contributed by atoms with Gasteiger partial charge in [-0.25, -0.2) is 4.79 Å². The van der Waals surface area contributed by atoms with Crippen molar-refractivity contribution in [3.05, 3.63) is 12.7 Å². The monoisotopic (exact) mass is 460 g/mol. The maximum Gasteiger partial charge on any atom is 0.330 e. The Balaban J connectivity index is 1.26. The lowest BCUT2D eigenvalue weighted by Gasteiger charge is -2.37. The lowest BCUT2D eigenvalue weighted by Crippen LogP contribution is -2.30. The number of esters is 2. The third-order valence-electron chi connectivity index (χ3n) is 8.93. The Hall–Kier alpha value is -1.32. The average Bonchev–Trinajstić information content (AvgIpc) is 2.87. The standard InChI is InChI=1S/C29H48O4/c1-3-5-6-7-22-12-14-25(15-13-22)26-16-18-27(19-17-26)29(31)33-21-24-10-8-23(9-11-24)20-32-28(30)4-2/h4,22-27H,2-3,5-21H2,1H3. The molecule has 3 rings (SSSR count). The summed E-state index contributed by atoms with van der Waals surface area (Å²) in [6.07, 6.45) is 21.2. The minimum Gasteiger partial charge on any atom is -0.465 e. The maximum absolute atomic E-state index is 12.7. The van der Waals surface area contributed by atoms with E-state index in [0.717, 1.165) is 56.3 Å². The SMILES string of the molecule is C=CC(=O)OCC1CCC(COC(=O)C2CCC(C3CCC(CCCCC)CC3)CC2)CC1. The van der Waals surface area contributed by atoms with E-state index in [0.29, 0.717) is 25.0 Å². The van der Waals surface area contributed by atoms with E-state index in [9.17, 15) is 9.59 Å². The Morgan fingerprint density at radius 3 is 1.79 bits per heavy atom. The highest BCUT2D eigenvalue weighted by atomic mass is 16.5. The summed E-state index contributed by atoms with van der Waals surface area (Å²) < 4.78 is 11.0. The van der Waals surface area contributed by atoms with E-state index in [-0.39, 0.29) is 17.9 Å². The molecular weight excluding hydrogens is 412 g/mol. The van der Waals surface area contributed by atoms with E-state index >= 15 is 0 Å². The van der Waals surface area contributed by atoms with Crippen LogP contribution < -0.4 is 0 Å². The molecule has 0 spiro atoms. The van der Waals surface area contributed by atoms with Gasteiger partial charge in [0.2, 0.25) is 0 Å². The molecule has 0 bridgehead atoms. The van der Waals surface area contributed by atoms with Crippen molar-refractivity contribution in [3.8, 4) is 0 Å². The zero-order valence-electron chi connectivity index (χ0n) is 21.1. The fraction of sp³-hybridized carbons (Fsp3) is 0.862. The van der Waals surface area contributed by atoms with Crippen LogP contribution in [0.3, 0.4) is 0 Å². The molecular formula is C29H48O4. The van der Waals surface area contributed by atoms with Crippen LogP contribution in [0.4, 0.5) is 0 Å². The van der Waals surface area contributed by atoms with E-state index in [1.165, 1.54) is 70.3 Å². The van der Waals surface area contributed by atoms with Crippen molar-refractivity contribution < 1.29 is 19.1 Å². The van der Waals surface area contributed by atoms with Gasteiger partial charge >= 0.3 is 11.9 Å². The van der Waals surface area contributed by atoms with E-state index in [1.54, 1.807) is 0 Å². The zero-order chi connectivity index (χ0) is 23.5. The molecule has 0 aromatic rings. The normalized spacial score (nSPS) is 32.6. The molecule has 0 amide bonds. The molecule has 0 atom stereocenters. The molecule has 0 N–H and O–H groups in total. The van der Waals surface area contributed by atoms with Gasteiger partial charge in [0.15, 0.2) is 0 Å². The predicted molar refractivity (Wildman–Crippen MR) is 133 cm³/mol. The molecule has 0 heterocycles. The second-order valence-electron chi connectivity index (χ2n) is 11.2. The van der Waals surface area contributed by atoms with Crippen LogP contribution in [-0.4, -0.2) is 25.2 Å². The van der Waals surface area contributed by atoms with Crippen LogP contribution in [0.5, 0.6) is 0 Å². The summed E-state index contributed by atoms with van der Waals surface area (Å²) in [5.41, 5.74) is 0. The molecule has 0 aliphatic heterocycles. The molecule has 0 unspecified atom stereocenters. The van der Waals surface area contributed by atoms with E-state index < -0.39 is 0 Å². The van der Waals surface area contributed by atoms with Crippen LogP contribution in [0.1, 0.15) is 110 Å². The van der Waals surface area contributed by atoms with Gasteiger partial charge in [0.05, 0.1) is 19.1 Å². The van der Waals surface area contributed by atoms with Crippen molar-refractivity contribution in [3.63, 3.8) is 0 Å². The lowest BCUT2D eigenvalue weighted by atomic mass is 9.68. The van der Waals surface area contributed by atoms with E-state index in [2.05, 4.69) is 13.5 Å². The molecule has 3 aliphatic carbocycles. The first-order valence-corrected chi connectivity index (χ1v) is 14.0. The number of ether oxygens (including phenoxy) is 2. The molecule has 0 aromatic heterocycles. The fourth-order valence-electron chi connectivity index (χ4n) is 6.60. The summed E-state index contributed by atoms with van der Waals surface area (Å²) in [6.45, 7) is 6.78. The van der Waals surface area contributed by atoms with Crippen molar-refractivity contribution in [2.75, 3.05) is 13.2 Å². The van der Waals surface area contributed by atoms with Gasteiger partial charge in [-0.2, -0.15) is 0 Å². The topological polar surface area (TPSA) is 52.6 Å². The quantitative estimate of drug-likeness (QED) is 0.185. The Morgan fingerprint density at radius 1 is 0.727 bits per heavy atom. The molecule has 3 saturated carbocycles. The second kappa shape index (κ2) is 14.2. The summed E-state index contributed by atoms with van der Waals surface area (Å²) >= 11 is 0. The van der Waals surface area contributed by atoms with Gasteiger partial charge in [-0.15, -0.1) is 0 Å². The summed E-state index contributed by atoms with van der Waals surface area (Å²) in [4.78, 5) is 23.9. The van der Waals surface area contributed by atoms with Crippen LogP contribution >= 0.6 is 0 Å². The molecule has 4 heteroatoms. The van der Waals surface area contributed by atoms with Gasteiger partial charge in [0.25, 0.3) is 0 Å². The molecule has 4 nitrogen and oxygen atoms in total. The molecule has 3 aliphatic rings. The van der Waals surface area contributed by atoms with E-state index in [4.69, 9.17) is 9.47 Å². The van der Waals surface area contributed by atoms with Crippen molar-refractivity contribution >= 4 is 11.9 Å². The van der Waals surface area contributed by atoms with Crippen LogP contribution in [0.2, 0.25) is 0 Å². The minimum atomic E-state index is -0.337. The summed E-state index contributed by atoms with van der Waals surface area (Å²) in [6, 6.07) is 0. The number of carbonyl (C=O) groups excluding carboxylic acids is 2. The Kier molecular flexibility index (Phi) is 11.3. The van der Waals surface area contributed by atoms with Gasteiger partial charge in [0, 0.05) is 6.08 Å². The first kappa shape index (κ1) is 26.3. The minimum absolute atomic E-state index is 0.0510. The number of hydrogen-bond acceptors (Lipinski definition) is 4. The predicted octanol–water partition coefficient (Wildman–Crippen LogP) is 7.26. The smallest absolute Gasteiger partial charge is 0.330 e. The van der Waals surface area contributed by atoms with Crippen molar-refractivity contribution in [1.29, 1.82) is 0 Å². The highest BCUT2D eigenvalue weighted by Gasteiger charge is 2.34. The molecule has 0 saturated heterocycles. The van der Waals surface area contributed by atoms with E-state index in [1.807, 2.05) is 0 Å². The first-order chi connectivity index (χ1) is 16.1. The highest BCUT2D eigenvalue weighted by Crippen LogP contribution is 2.42. The number of rotatable bonds is 11. The van der Waals surface area contributed by atoms with Crippen LogP contribution in [-0.2, 0) is 19.1 Å². The largest absolute Gasteiger partial charge is 0.465 e. The lowest BCUT2D eigenvalue weighted by molar-refractivity contribution is -0.152. The molecule has 188 valence electrons. The van der Waals surface area contributed by atoms with Crippen molar-refractivity contribution in [2.24, 2.45) is 35.5 Å². The zero-order valence-corrected chi connectivity index (χ0v) is 21.1. The number of carbonyl (C=O) groups is 2. The molecule has 33 heavy (non-hydrogen) atoms. The Labute approximate surface area is 202 Å². The van der Waals surface area contributed by atoms with Gasteiger partial charge in [-0.05, 0) is 93.8 Å². The third kappa shape index (κ3) is 8.76. The summed E-state index contributed by atoms with van der Waals surface area (Å²) in [5, 5.41) is 0. The van der Waals surface area contributed by atoms with Crippen LogP contribution in [0, 0.1) is 35.5 Å². The molecule has 0 radical (unpaired) electrons.